The van der Waals surface area contributed by atoms with E-state index in [0.29, 0.717) is 13.1 Å². The number of nitrogens with two attached hydrogens (primary N) is 1. The fraction of sp³-hybridized carbons (Fsp3) is 0.857. The average Bonchev–Trinajstić information content (AvgIpc) is 2.01. The molecule has 0 saturated carbocycles. The van der Waals surface area contributed by atoms with Crippen LogP contribution in [0.25, 0.3) is 0 Å². The molecule has 1 aliphatic rings. The Morgan fingerprint density at radius 3 is 2.69 bits per heavy atom. The molecule has 0 bridgehead atoms. The summed E-state index contributed by atoms with van der Waals surface area (Å²) < 4.78 is 0. The highest BCUT2D eigenvalue weighted by Crippen LogP contribution is 1.93. The Labute approximate surface area is 91.0 Å². The highest BCUT2D eigenvalue weighted by atomic mass is 35.5. The van der Waals surface area contributed by atoms with Crippen molar-refractivity contribution in [2.45, 2.75) is 6.42 Å². The van der Waals surface area contributed by atoms with Gasteiger partial charge in [-0.3, -0.25) is 9.69 Å². The first-order valence-electron chi connectivity index (χ1n) is 4.02. The van der Waals surface area contributed by atoms with Crippen LogP contribution in [0.4, 0.5) is 0 Å². The fourth-order valence-electron chi connectivity index (χ4n) is 1.20. The summed E-state index contributed by atoms with van der Waals surface area (Å²) in [7, 11) is 0. The van der Waals surface area contributed by atoms with Crippen LogP contribution in [0, 0.1) is 0 Å². The van der Waals surface area contributed by atoms with Crippen LogP contribution >= 0.6 is 24.8 Å². The number of hydrogen-bond donors (Lipinski definition) is 2. The maximum Gasteiger partial charge on any atom is 0.234 e. The Balaban J connectivity index is 0. The van der Waals surface area contributed by atoms with Crippen molar-refractivity contribution in [2.24, 2.45) is 5.73 Å². The second-order valence-electron chi connectivity index (χ2n) is 2.77. The highest BCUT2D eigenvalue weighted by Gasteiger charge is 2.14. The number of nitrogens with one attached hydrogen (secondary N) is 1. The molecule has 1 aliphatic heterocycles. The number of carbonyl (C=O) groups excluding carboxylic acids is 1. The molecule has 3 N–H and O–H groups in total. The van der Waals surface area contributed by atoms with Gasteiger partial charge in [0.05, 0.1) is 6.54 Å². The van der Waals surface area contributed by atoms with Crippen molar-refractivity contribution in [1.29, 1.82) is 0 Å². The number of hydrogen-bond acceptors (Lipinski definition) is 3. The van der Waals surface area contributed by atoms with E-state index in [4.69, 9.17) is 5.73 Å². The third-order valence-electron chi connectivity index (χ3n) is 1.80. The fourth-order valence-corrected chi connectivity index (χ4v) is 1.20. The van der Waals surface area contributed by atoms with E-state index in [-0.39, 0.29) is 30.7 Å². The lowest BCUT2D eigenvalue weighted by molar-refractivity contribution is -0.124. The molecule has 4 nitrogen and oxygen atoms in total. The Morgan fingerprint density at radius 2 is 2.15 bits per heavy atom. The molecule has 1 saturated heterocycles. The maximum absolute atomic E-state index is 10.9. The minimum Gasteiger partial charge on any atom is -0.354 e. The van der Waals surface area contributed by atoms with Crippen LogP contribution in [-0.2, 0) is 4.79 Å². The largest absolute Gasteiger partial charge is 0.354 e. The van der Waals surface area contributed by atoms with Gasteiger partial charge in [0, 0.05) is 13.1 Å². The van der Waals surface area contributed by atoms with Crippen molar-refractivity contribution in [2.75, 3.05) is 32.7 Å². The van der Waals surface area contributed by atoms with E-state index < -0.39 is 0 Å². The first-order valence-corrected chi connectivity index (χ1v) is 4.02. The molecule has 0 atom stereocenters. The molecule has 0 aromatic rings. The van der Waals surface area contributed by atoms with Gasteiger partial charge in [0.1, 0.15) is 0 Å². The molecule has 0 unspecified atom stereocenters. The van der Waals surface area contributed by atoms with Crippen molar-refractivity contribution in [3.63, 3.8) is 0 Å². The van der Waals surface area contributed by atoms with E-state index in [1.165, 1.54) is 0 Å². The number of piperazine rings is 1. The predicted molar refractivity (Wildman–Crippen MR) is 57.6 cm³/mol. The van der Waals surface area contributed by atoms with Gasteiger partial charge in [0.2, 0.25) is 5.91 Å². The van der Waals surface area contributed by atoms with Gasteiger partial charge in [-0.2, -0.15) is 0 Å². The zero-order chi connectivity index (χ0) is 8.10. The van der Waals surface area contributed by atoms with E-state index in [9.17, 15) is 4.79 Å². The van der Waals surface area contributed by atoms with Crippen molar-refractivity contribution in [3.8, 4) is 0 Å². The summed E-state index contributed by atoms with van der Waals surface area (Å²) in [4.78, 5) is 13.0. The number of nitrogens with zero attached hydrogens (tertiary/aromatic N) is 1. The molecule has 0 aliphatic carbocycles. The highest BCUT2D eigenvalue weighted by molar-refractivity contribution is 5.85. The van der Waals surface area contributed by atoms with Crippen LogP contribution in [0.5, 0.6) is 0 Å². The molecule has 80 valence electrons. The van der Waals surface area contributed by atoms with E-state index in [2.05, 4.69) is 10.2 Å². The van der Waals surface area contributed by atoms with Crippen LogP contribution in [0.3, 0.4) is 0 Å². The zero-order valence-electron chi connectivity index (χ0n) is 7.49. The van der Waals surface area contributed by atoms with Gasteiger partial charge in [0.25, 0.3) is 0 Å². The summed E-state index contributed by atoms with van der Waals surface area (Å²) in [5, 5.41) is 2.78. The van der Waals surface area contributed by atoms with E-state index in [1.54, 1.807) is 0 Å². The summed E-state index contributed by atoms with van der Waals surface area (Å²) in [6.07, 6.45) is 0.979. The quantitative estimate of drug-likeness (QED) is 0.694. The normalized spacial score (nSPS) is 16.8. The van der Waals surface area contributed by atoms with Crippen molar-refractivity contribution >= 4 is 30.7 Å². The third-order valence-corrected chi connectivity index (χ3v) is 1.80. The molecule has 1 amide bonds. The van der Waals surface area contributed by atoms with E-state index in [1.807, 2.05) is 0 Å². The summed E-state index contributed by atoms with van der Waals surface area (Å²) in [5.74, 6) is 0.133. The van der Waals surface area contributed by atoms with Gasteiger partial charge in [-0.25, -0.2) is 0 Å². The predicted octanol–water partition coefficient (Wildman–Crippen LogP) is -0.389. The first-order chi connectivity index (χ1) is 5.33. The third kappa shape index (κ3) is 6.10. The molecular weight excluding hydrogens is 213 g/mol. The number of amides is 1. The molecule has 1 rings (SSSR count). The van der Waals surface area contributed by atoms with Crippen molar-refractivity contribution in [1.82, 2.24) is 10.2 Å². The van der Waals surface area contributed by atoms with Crippen LogP contribution < -0.4 is 11.1 Å². The number of carbonyl (C=O) groups is 1. The smallest absolute Gasteiger partial charge is 0.234 e. The summed E-state index contributed by atoms with van der Waals surface area (Å²) in [6.45, 7) is 3.94. The Morgan fingerprint density at radius 1 is 1.46 bits per heavy atom. The lowest BCUT2D eigenvalue weighted by Gasteiger charge is -2.25. The summed E-state index contributed by atoms with van der Waals surface area (Å²) in [6, 6.07) is 0. The molecule has 1 heterocycles. The maximum atomic E-state index is 10.9. The number of rotatable bonds is 3. The SMILES string of the molecule is Cl.Cl.NCCCN1CCNC(=O)C1. The topological polar surface area (TPSA) is 58.4 Å². The summed E-state index contributed by atoms with van der Waals surface area (Å²) >= 11 is 0. The second-order valence-corrected chi connectivity index (χ2v) is 2.77. The Hall–Kier alpha value is -0.0300. The van der Waals surface area contributed by atoms with Gasteiger partial charge in [-0.15, -0.1) is 24.8 Å². The average molecular weight is 230 g/mol. The monoisotopic (exact) mass is 229 g/mol. The molecule has 6 heteroatoms. The van der Waals surface area contributed by atoms with E-state index in [0.717, 1.165) is 26.1 Å². The summed E-state index contributed by atoms with van der Waals surface area (Å²) in [5.41, 5.74) is 5.35. The Bertz CT molecular complexity index is 146. The van der Waals surface area contributed by atoms with Crippen LogP contribution in [-0.4, -0.2) is 43.5 Å². The number of halogens is 2. The minimum absolute atomic E-state index is 0. The second kappa shape index (κ2) is 8.56. The molecule has 0 aromatic heterocycles. The molecule has 0 radical (unpaired) electrons. The van der Waals surface area contributed by atoms with Crippen molar-refractivity contribution in [3.05, 3.63) is 0 Å². The molecule has 1 fully saturated rings. The standard InChI is InChI=1S/C7H15N3O.2ClH/c8-2-1-4-10-5-3-9-7(11)6-10;;/h1-6,8H2,(H,9,11);2*1H. The van der Waals surface area contributed by atoms with E-state index >= 15 is 0 Å². The van der Waals surface area contributed by atoms with Crippen molar-refractivity contribution < 1.29 is 4.79 Å². The Kier molecular flexibility index (Phi) is 10.2. The lowest BCUT2D eigenvalue weighted by Crippen LogP contribution is -2.48. The van der Waals surface area contributed by atoms with Crippen LogP contribution in [0.15, 0.2) is 0 Å². The van der Waals surface area contributed by atoms with Gasteiger partial charge in [-0.1, -0.05) is 0 Å². The lowest BCUT2D eigenvalue weighted by atomic mass is 10.3. The van der Waals surface area contributed by atoms with Crippen LogP contribution in [0.1, 0.15) is 6.42 Å². The van der Waals surface area contributed by atoms with Gasteiger partial charge < -0.3 is 11.1 Å². The first kappa shape index (κ1) is 15.4. The zero-order valence-corrected chi connectivity index (χ0v) is 9.12. The van der Waals surface area contributed by atoms with Gasteiger partial charge in [-0.05, 0) is 19.5 Å². The molecular formula is C7H17Cl2N3O. The molecule has 0 aromatic carbocycles. The van der Waals surface area contributed by atoms with Gasteiger partial charge in [0.15, 0.2) is 0 Å². The van der Waals surface area contributed by atoms with Gasteiger partial charge >= 0.3 is 0 Å². The minimum atomic E-state index is 0. The van der Waals surface area contributed by atoms with Crippen LogP contribution in [0.2, 0.25) is 0 Å². The molecule has 0 spiro atoms. The molecule has 13 heavy (non-hydrogen) atoms.